The Labute approximate surface area is 327 Å². The van der Waals surface area contributed by atoms with E-state index in [1.807, 2.05) is 48.5 Å². The highest BCUT2D eigenvalue weighted by Crippen LogP contribution is 2.45. The number of sulfonamides is 1. The van der Waals surface area contributed by atoms with E-state index in [2.05, 4.69) is 32.2 Å². The maximum atomic E-state index is 14.7. The number of hydrogen-bond donors (Lipinski definition) is 4. The molecule has 0 bridgehead atoms. The molecule has 300 valence electrons. The van der Waals surface area contributed by atoms with Crippen LogP contribution in [-0.2, 0) is 29.1 Å². The fourth-order valence-electron chi connectivity index (χ4n) is 7.12. The van der Waals surface area contributed by atoms with Gasteiger partial charge in [0.15, 0.2) is 0 Å². The number of urea groups is 1. The Hall–Kier alpha value is -5.22. The highest BCUT2D eigenvalue weighted by Gasteiger charge is 2.62. The molecule has 4 N–H and O–H groups in total. The van der Waals surface area contributed by atoms with Gasteiger partial charge < -0.3 is 35.1 Å². The fraction of sp³-hybridized carbons (Fsp3) is 0.475. The molecule has 0 radical (unpaired) electrons. The number of hydrogen-bond acceptors (Lipinski definition) is 10. The van der Waals surface area contributed by atoms with Crippen molar-refractivity contribution in [1.82, 2.24) is 30.6 Å². The summed E-state index contributed by atoms with van der Waals surface area (Å²) in [6.07, 6.45) is 3.40. The summed E-state index contributed by atoms with van der Waals surface area (Å²) < 4.78 is 44.8. The molecule has 1 aliphatic heterocycles. The van der Waals surface area contributed by atoms with Gasteiger partial charge >= 0.3 is 6.03 Å². The summed E-state index contributed by atoms with van der Waals surface area (Å²) >= 11 is 0. The zero-order valence-corrected chi connectivity index (χ0v) is 33.1. The number of rotatable bonds is 15. The first-order chi connectivity index (χ1) is 26.6. The molecule has 6 atom stereocenters. The predicted molar refractivity (Wildman–Crippen MR) is 208 cm³/mol. The van der Waals surface area contributed by atoms with Crippen molar-refractivity contribution < 1.29 is 41.8 Å². The minimum Gasteiger partial charge on any atom is -0.497 e. The van der Waals surface area contributed by atoms with Gasteiger partial charge in [-0.2, -0.15) is 0 Å². The number of fused-ring (bicyclic) bond motifs is 1. The number of methoxy groups -OCH3 is 2. The summed E-state index contributed by atoms with van der Waals surface area (Å²) in [5.74, 6) is -1.68. The third-order valence-corrected chi connectivity index (χ3v) is 12.4. The summed E-state index contributed by atoms with van der Waals surface area (Å²) in [5.41, 5.74) is -1.60. The Morgan fingerprint density at radius 1 is 1.05 bits per heavy atom. The summed E-state index contributed by atoms with van der Waals surface area (Å²) in [7, 11) is -0.821. The van der Waals surface area contributed by atoms with Crippen molar-refractivity contribution in [3.63, 3.8) is 0 Å². The summed E-state index contributed by atoms with van der Waals surface area (Å²) in [6.45, 7) is 9.29. The number of amides is 5. The lowest BCUT2D eigenvalue weighted by Gasteiger charge is -2.36. The van der Waals surface area contributed by atoms with Crippen LogP contribution in [0.2, 0.25) is 0 Å². The average Bonchev–Trinajstić information content (AvgIpc) is 4.10. The molecule has 0 unspecified atom stereocenters. The lowest BCUT2D eigenvalue weighted by Crippen LogP contribution is -2.61. The zero-order valence-electron chi connectivity index (χ0n) is 32.2. The Morgan fingerprint density at radius 2 is 1.79 bits per heavy atom. The Kier molecular flexibility index (Phi) is 11.6. The minimum atomic E-state index is -3.91. The van der Waals surface area contributed by atoms with Crippen LogP contribution in [0.4, 0.5) is 4.79 Å². The number of nitrogens with one attached hydrogen (secondary N) is 4. The van der Waals surface area contributed by atoms with Gasteiger partial charge in [0.05, 0.1) is 31.6 Å². The Bertz CT molecular complexity index is 2090. The third-order valence-electron chi connectivity index (χ3n) is 10.5. The van der Waals surface area contributed by atoms with Crippen LogP contribution in [0.5, 0.6) is 11.6 Å². The van der Waals surface area contributed by atoms with E-state index in [0.717, 1.165) is 10.9 Å². The molecule has 1 saturated heterocycles. The lowest BCUT2D eigenvalue weighted by molar-refractivity contribution is -0.142. The normalized spacial score (nSPS) is 23.0. The monoisotopic (exact) mass is 790 g/mol. The van der Waals surface area contributed by atoms with Crippen molar-refractivity contribution >= 4 is 44.5 Å². The third kappa shape index (κ3) is 8.76. The SMILES string of the molecule is C=C[C@@H]1C[C@]1(NC(=O)[C@@H]1C[C@@H](Oc2nccc3cc(OC)ccc23)CN1C(=O)[C@@H](NC(=O)N[C@H](COC)c1ccccc1)C(C)(C)C)C(=O)NS(=O)(=O)C1CC1. The van der Waals surface area contributed by atoms with Crippen molar-refractivity contribution in [2.45, 2.75) is 81.5 Å². The molecule has 2 aliphatic carbocycles. The Morgan fingerprint density at radius 3 is 2.41 bits per heavy atom. The van der Waals surface area contributed by atoms with Crippen LogP contribution >= 0.6 is 0 Å². The molecule has 56 heavy (non-hydrogen) atoms. The van der Waals surface area contributed by atoms with Crippen LogP contribution in [0.25, 0.3) is 10.8 Å². The Balaban J connectivity index is 1.28. The predicted octanol–water partition coefficient (Wildman–Crippen LogP) is 3.36. The van der Waals surface area contributed by atoms with Crippen molar-refractivity contribution in [3.8, 4) is 11.6 Å². The van der Waals surface area contributed by atoms with Gasteiger partial charge in [-0.1, -0.05) is 57.2 Å². The number of aromatic nitrogens is 1. The number of carbonyl (C=O) groups is 4. The lowest BCUT2D eigenvalue weighted by atomic mass is 9.85. The second kappa shape index (κ2) is 16.1. The van der Waals surface area contributed by atoms with Crippen LogP contribution in [-0.4, -0.2) is 98.4 Å². The first-order valence-corrected chi connectivity index (χ1v) is 20.2. The van der Waals surface area contributed by atoms with Gasteiger partial charge in [0, 0.05) is 31.0 Å². The molecular formula is C40H50N6O9S. The van der Waals surface area contributed by atoms with Gasteiger partial charge in [-0.3, -0.25) is 19.1 Å². The molecule has 16 heteroatoms. The van der Waals surface area contributed by atoms with E-state index in [-0.39, 0.29) is 31.9 Å². The smallest absolute Gasteiger partial charge is 0.316 e. The van der Waals surface area contributed by atoms with E-state index in [1.165, 1.54) is 18.1 Å². The molecule has 3 aromatic rings. The topological polar surface area (TPSA) is 194 Å². The fourth-order valence-corrected chi connectivity index (χ4v) is 8.48. The molecule has 1 aromatic heterocycles. The quantitative estimate of drug-likeness (QED) is 0.166. The van der Waals surface area contributed by atoms with E-state index in [0.29, 0.717) is 24.0 Å². The summed E-state index contributed by atoms with van der Waals surface area (Å²) in [5, 5.41) is 9.40. The highest BCUT2D eigenvalue weighted by atomic mass is 32.2. The highest BCUT2D eigenvalue weighted by molar-refractivity contribution is 7.91. The second-order valence-corrected chi connectivity index (χ2v) is 17.7. The number of pyridine rings is 1. The van der Waals surface area contributed by atoms with E-state index < -0.39 is 80.1 Å². The molecule has 3 aliphatic rings. The van der Waals surface area contributed by atoms with Gasteiger partial charge in [0.25, 0.3) is 5.91 Å². The number of carbonyl (C=O) groups excluding carboxylic acids is 4. The van der Waals surface area contributed by atoms with Crippen LogP contribution in [0.15, 0.2) is 73.4 Å². The minimum absolute atomic E-state index is 0.00953. The van der Waals surface area contributed by atoms with Gasteiger partial charge in [0.2, 0.25) is 27.7 Å². The second-order valence-electron chi connectivity index (χ2n) is 15.7. The maximum Gasteiger partial charge on any atom is 0.316 e. The van der Waals surface area contributed by atoms with E-state index >= 15 is 0 Å². The van der Waals surface area contributed by atoms with E-state index in [4.69, 9.17) is 14.2 Å². The van der Waals surface area contributed by atoms with Gasteiger partial charge in [0.1, 0.15) is 29.5 Å². The number of nitrogens with zero attached hydrogens (tertiary/aromatic N) is 2. The molecule has 15 nitrogen and oxygen atoms in total. The van der Waals surface area contributed by atoms with Crippen LogP contribution in [0, 0.1) is 11.3 Å². The van der Waals surface area contributed by atoms with Crippen LogP contribution in [0.1, 0.15) is 58.1 Å². The number of benzene rings is 2. The van der Waals surface area contributed by atoms with Crippen LogP contribution < -0.4 is 30.1 Å². The first-order valence-electron chi connectivity index (χ1n) is 18.6. The molecule has 3 fully saturated rings. The van der Waals surface area contributed by atoms with Crippen molar-refractivity contribution in [2.75, 3.05) is 27.4 Å². The molecule has 2 aromatic carbocycles. The molecule has 6 rings (SSSR count). The van der Waals surface area contributed by atoms with Crippen molar-refractivity contribution in [2.24, 2.45) is 11.3 Å². The summed E-state index contributed by atoms with van der Waals surface area (Å²) in [6, 6.07) is 13.1. The zero-order chi connectivity index (χ0) is 40.4. The summed E-state index contributed by atoms with van der Waals surface area (Å²) in [4.78, 5) is 62.1. The number of ether oxygens (including phenoxy) is 3. The average molecular weight is 791 g/mol. The first kappa shape index (κ1) is 40.4. The maximum absolute atomic E-state index is 14.7. The molecule has 2 heterocycles. The molecule has 5 amide bonds. The number of likely N-dealkylation sites (tertiary alicyclic amines) is 1. The van der Waals surface area contributed by atoms with E-state index in [1.54, 1.807) is 40.1 Å². The van der Waals surface area contributed by atoms with Gasteiger partial charge in [-0.15, -0.1) is 6.58 Å². The standard InChI is InChI=1S/C40H50N6O9S/c1-7-26-21-40(26,37(49)45-56(51,52)29-14-15-29)44-34(47)32-20-28(55-35-30-16-13-27(54-6)19-25(30)17-18-41-35)22-46(32)36(48)33(39(2,3)4)43-38(50)42-31(23-53-5)24-11-9-8-10-12-24/h7-13,16-19,26,28-29,31-33H,1,14-15,20-23H2,2-6H3,(H,44,47)(H,45,49)(H2,42,43,50)/t26-,28-,31-,32+,33-,40-/m1/s1. The largest absolute Gasteiger partial charge is 0.497 e. The van der Waals surface area contributed by atoms with Gasteiger partial charge in [-0.25, -0.2) is 18.2 Å². The molecular weight excluding hydrogens is 741 g/mol. The molecule has 0 spiro atoms. The van der Waals surface area contributed by atoms with E-state index in [9.17, 15) is 27.6 Å². The van der Waals surface area contributed by atoms with Crippen molar-refractivity contribution in [1.29, 1.82) is 0 Å². The van der Waals surface area contributed by atoms with Crippen molar-refractivity contribution in [3.05, 3.63) is 79.0 Å². The van der Waals surface area contributed by atoms with Gasteiger partial charge in [-0.05, 0) is 59.9 Å². The molecule has 2 saturated carbocycles. The van der Waals surface area contributed by atoms with Crippen LogP contribution in [0.3, 0.4) is 0 Å².